The highest BCUT2D eigenvalue weighted by molar-refractivity contribution is 5.72. The van der Waals surface area contributed by atoms with Crippen molar-refractivity contribution >= 4 is 11.9 Å². The van der Waals surface area contributed by atoms with Gasteiger partial charge in [0.05, 0.1) is 11.8 Å². The third kappa shape index (κ3) is 17.2. The first-order valence-electron chi connectivity index (χ1n) is 10.1. The van der Waals surface area contributed by atoms with E-state index in [1.165, 1.54) is 12.8 Å². The molecule has 0 aliphatic carbocycles. The summed E-state index contributed by atoms with van der Waals surface area (Å²) in [5.74, 6) is -1.81. The molecule has 0 aromatic heterocycles. The molecule has 2 N–H and O–H groups in total. The third-order valence-electron chi connectivity index (χ3n) is 4.27. The Labute approximate surface area is 160 Å². The molecule has 0 rings (SSSR count). The van der Waals surface area contributed by atoms with Crippen LogP contribution in [0.1, 0.15) is 91.9 Å². The molecule has 4 nitrogen and oxygen atoms in total. The van der Waals surface area contributed by atoms with Gasteiger partial charge in [-0.25, -0.2) is 0 Å². The van der Waals surface area contributed by atoms with E-state index < -0.39 is 11.9 Å². The van der Waals surface area contributed by atoms with Crippen LogP contribution >= 0.6 is 0 Å². The van der Waals surface area contributed by atoms with Gasteiger partial charge in [0.2, 0.25) is 0 Å². The minimum atomic E-state index is -0.699. The Morgan fingerprint density at radius 1 is 0.808 bits per heavy atom. The van der Waals surface area contributed by atoms with E-state index >= 15 is 0 Å². The van der Waals surface area contributed by atoms with Crippen LogP contribution in [0.15, 0.2) is 24.3 Å². The standard InChI is InChI=1S/2C11H20O2/c1-3-5-6-7-9-10(8-4-2)11(12)13;1-3-5-7-9-10(11(12)13)8-6-4-2/h4,8,10H,3,5-7,9H2,1-2H3,(H,12,13);4,6,10H,3,5,7-9H2,1-2H3,(H,12,13)/b8-4-;6-4-. The Kier molecular flexibility index (Phi) is 20.2. The summed E-state index contributed by atoms with van der Waals surface area (Å²) in [6.45, 7) is 8.06. The predicted octanol–water partition coefficient (Wildman–Crippen LogP) is 6.47. The van der Waals surface area contributed by atoms with Crippen molar-refractivity contribution < 1.29 is 19.8 Å². The fourth-order valence-electron chi connectivity index (χ4n) is 2.61. The molecule has 0 fully saturated rings. The number of aliphatic carboxylic acids is 2. The molecular weight excluding hydrogens is 328 g/mol. The number of unbranched alkanes of at least 4 members (excludes halogenated alkanes) is 5. The van der Waals surface area contributed by atoms with Crippen molar-refractivity contribution in [2.24, 2.45) is 11.8 Å². The van der Waals surface area contributed by atoms with Crippen LogP contribution in [0.25, 0.3) is 0 Å². The molecular formula is C22H40O4. The number of hydrogen-bond acceptors (Lipinski definition) is 2. The lowest BCUT2D eigenvalue weighted by Gasteiger charge is -2.08. The van der Waals surface area contributed by atoms with Gasteiger partial charge in [-0.2, -0.15) is 0 Å². The average molecular weight is 369 g/mol. The summed E-state index contributed by atoms with van der Waals surface area (Å²) in [6.07, 6.45) is 17.6. The molecule has 0 saturated carbocycles. The summed E-state index contributed by atoms with van der Waals surface area (Å²) in [6, 6.07) is 0. The maximum absolute atomic E-state index is 10.8. The second kappa shape index (κ2) is 19.7. The molecule has 0 aromatic rings. The van der Waals surface area contributed by atoms with Crippen molar-refractivity contribution in [3.8, 4) is 0 Å². The number of carbonyl (C=O) groups is 2. The van der Waals surface area contributed by atoms with Crippen LogP contribution in [0.4, 0.5) is 0 Å². The van der Waals surface area contributed by atoms with E-state index in [0.29, 0.717) is 6.42 Å². The lowest BCUT2D eigenvalue weighted by molar-refractivity contribution is -0.142. The highest BCUT2D eigenvalue weighted by Crippen LogP contribution is 2.14. The second-order valence-electron chi connectivity index (χ2n) is 6.66. The van der Waals surface area contributed by atoms with Crippen molar-refractivity contribution in [3.63, 3.8) is 0 Å². The van der Waals surface area contributed by atoms with E-state index in [1.807, 2.05) is 32.1 Å². The van der Waals surface area contributed by atoms with Crippen molar-refractivity contribution in [1.82, 2.24) is 0 Å². The molecule has 2 atom stereocenters. The maximum atomic E-state index is 10.8. The Balaban J connectivity index is 0. The predicted molar refractivity (Wildman–Crippen MR) is 109 cm³/mol. The lowest BCUT2D eigenvalue weighted by atomic mass is 9.98. The number of carboxylic acids is 2. The zero-order valence-corrected chi connectivity index (χ0v) is 17.2. The normalized spacial score (nSPS) is 13.4. The van der Waals surface area contributed by atoms with Crippen LogP contribution in [0.2, 0.25) is 0 Å². The molecule has 0 spiro atoms. The van der Waals surface area contributed by atoms with Crippen LogP contribution in [0.5, 0.6) is 0 Å². The summed E-state index contributed by atoms with van der Waals surface area (Å²) >= 11 is 0. The minimum absolute atomic E-state index is 0.178. The fourth-order valence-corrected chi connectivity index (χ4v) is 2.61. The van der Waals surface area contributed by atoms with Gasteiger partial charge in [0, 0.05) is 0 Å². The second-order valence-corrected chi connectivity index (χ2v) is 6.66. The zero-order valence-electron chi connectivity index (χ0n) is 17.2. The fraction of sp³-hybridized carbons (Fsp3) is 0.727. The maximum Gasteiger partial charge on any atom is 0.310 e. The zero-order chi connectivity index (χ0) is 20.2. The van der Waals surface area contributed by atoms with Crippen LogP contribution in [0.3, 0.4) is 0 Å². The topological polar surface area (TPSA) is 74.6 Å². The summed E-state index contributed by atoms with van der Waals surface area (Å²) in [5, 5.41) is 17.7. The molecule has 152 valence electrons. The van der Waals surface area contributed by atoms with E-state index in [2.05, 4.69) is 13.8 Å². The molecule has 0 aliphatic rings. The van der Waals surface area contributed by atoms with E-state index in [4.69, 9.17) is 10.2 Å². The van der Waals surface area contributed by atoms with Gasteiger partial charge in [0.25, 0.3) is 0 Å². The monoisotopic (exact) mass is 368 g/mol. The number of rotatable bonds is 14. The SMILES string of the molecule is C/C=C\C(CCCCCC)C(=O)O.C/C=C\CC(CCCCC)C(=O)O. The van der Waals surface area contributed by atoms with E-state index in [0.717, 1.165) is 44.9 Å². The molecule has 2 unspecified atom stereocenters. The van der Waals surface area contributed by atoms with Gasteiger partial charge in [-0.15, -0.1) is 0 Å². The molecule has 0 aromatic carbocycles. The molecule has 0 saturated heterocycles. The Morgan fingerprint density at radius 2 is 1.38 bits per heavy atom. The summed E-state index contributed by atoms with van der Waals surface area (Å²) in [5.41, 5.74) is 0. The minimum Gasteiger partial charge on any atom is -0.481 e. The Bertz CT molecular complexity index is 399. The van der Waals surface area contributed by atoms with Gasteiger partial charge in [-0.05, 0) is 33.1 Å². The van der Waals surface area contributed by atoms with Gasteiger partial charge in [0.15, 0.2) is 0 Å². The molecule has 26 heavy (non-hydrogen) atoms. The van der Waals surface area contributed by atoms with Crippen LogP contribution in [-0.4, -0.2) is 22.2 Å². The van der Waals surface area contributed by atoms with Gasteiger partial charge in [0.1, 0.15) is 0 Å². The van der Waals surface area contributed by atoms with E-state index in [9.17, 15) is 9.59 Å². The van der Waals surface area contributed by atoms with Crippen molar-refractivity contribution in [2.75, 3.05) is 0 Å². The molecule has 0 radical (unpaired) electrons. The summed E-state index contributed by atoms with van der Waals surface area (Å²) in [4.78, 5) is 21.5. The van der Waals surface area contributed by atoms with Crippen LogP contribution < -0.4 is 0 Å². The van der Waals surface area contributed by atoms with E-state index in [-0.39, 0.29) is 11.8 Å². The smallest absolute Gasteiger partial charge is 0.310 e. The van der Waals surface area contributed by atoms with Gasteiger partial charge >= 0.3 is 11.9 Å². The molecule has 0 heterocycles. The van der Waals surface area contributed by atoms with Crippen molar-refractivity contribution in [2.45, 2.75) is 91.9 Å². The van der Waals surface area contributed by atoms with Crippen molar-refractivity contribution in [3.05, 3.63) is 24.3 Å². The molecule has 0 bridgehead atoms. The first kappa shape index (κ1) is 26.6. The Morgan fingerprint density at radius 3 is 1.85 bits per heavy atom. The number of allylic oxidation sites excluding steroid dienone is 3. The summed E-state index contributed by atoms with van der Waals surface area (Å²) < 4.78 is 0. The van der Waals surface area contributed by atoms with Gasteiger partial charge in [-0.3, -0.25) is 9.59 Å². The van der Waals surface area contributed by atoms with Crippen molar-refractivity contribution in [1.29, 1.82) is 0 Å². The molecule has 0 aliphatic heterocycles. The summed E-state index contributed by atoms with van der Waals surface area (Å²) in [7, 11) is 0. The number of carboxylic acid groups (broad SMARTS) is 2. The molecule has 0 amide bonds. The highest BCUT2D eigenvalue weighted by Gasteiger charge is 2.14. The van der Waals surface area contributed by atoms with Crippen LogP contribution in [-0.2, 0) is 9.59 Å². The average Bonchev–Trinajstić information content (AvgIpc) is 2.60. The van der Waals surface area contributed by atoms with E-state index in [1.54, 1.807) is 6.08 Å². The number of hydrogen-bond donors (Lipinski definition) is 2. The van der Waals surface area contributed by atoms with Crippen LogP contribution in [0, 0.1) is 11.8 Å². The van der Waals surface area contributed by atoms with Gasteiger partial charge in [-0.1, -0.05) is 83.1 Å². The first-order chi connectivity index (χ1) is 12.4. The third-order valence-corrected chi connectivity index (χ3v) is 4.27. The Hall–Kier alpha value is -1.58. The quantitative estimate of drug-likeness (QED) is 0.272. The largest absolute Gasteiger partial charge is 0.481 e. The first-order valence-corrected chi connectivity index (χ1v) is 10.1. The molecule has 4 heteroatoms. The highest BCUT2D eigenvalue weighted by atomic mass is 16.4. The lowest BCUT2D eigenvalue weighted by Crippen LogP contribution is -2.12. The van der Waals surface area contributed by atoms with Gasteiger partial charge < -0.3 is 10.2 Å².